The first-order valence-corrected chi connectivity index (χ1v) is 11.0. The average Bonchev–Trinajstić information content (AvgIpc) is 2.84. The van der Waals surface area contributed by atoms with Gasteiger partial charge in [0.05, 0.1) is 18.5 Å². The number of aromatic nitrogens is 1. The minimum absolute atomic E-state index is 0.0523. The number of methoxy groups -OCH3 is 1. The predicted molar refractivity (Wildman–Crippen MR) is 135 cm³/mol. The van der Waals surface area contributed by atoms with Gasteiger partial charge in [-0.25, -0.2) is 4.98 Å². The molecule has 4 rings (SSSR count). The zero-order chi connectivity index (χ0) is 23.4. The largest absolute Gasteiger partial charge is 0.497 e. The first-order chi connectivity index (χ1) is 15.8. The van der Waals surface area contributed by atoms with Crippen LogP contribution in [-0.2, 0) is 5.41 Å². The summed E-state index contributed by atoms with van der Waals surface area (Å²) in [6.45, 7) is 6.47. The van der Waals surface area contributed by atoms with Crippen molar-refractivity contribution in [1.82, 2.24) is 4.98 Å². The topological polar surface area (TPSA) is 51.2 Å². The second-order valence-electron chi connectivity index (χ2n) is 9.00. The number of nitrogens with zero attached hydrogens (tertiary/aromatic N) is 1. The van der Waals surface area contributed by atoms with E-state index in [0.717, 1.165) is 34.0 Å². The van der Waals surface area contributed by atoms with Gasteiger partial charge < -0.3 is 10.1 Å². The molecule has 0 bridgehead atoms. The van der Waals surface area contributed by atoms with E-state index in [9.17, 15) is 4.79 Å². The fraction of sp³-hybridized carbons (Fsp3) is 0.172. The molecular formula is C29H28N2O2. The summed E-state index contributed by atoms with van der Waals surface area (Å²) in [5.41, 5.74) is 6.28. The quantitative estimate of drug-likeness (QED) is 0.367. The Hall–Kier alpha value is -3.92. The van der Waals surface area contributed by atoms with Gasteiger partial charge in [0.1, 0.15) is 5.75 Å². The molecule has 3 aromatic carbocycles. The second kappa shape index (κ2) is 9.29. The first kappa shape index (κ1) is 22.3. The van der Waals surface area contributed by atoms with E-state index in [0.29, 0.717) is 5.56 Å². The van der Waals surface area contributed by atoms with Crippen molar-refractivity contribution in [2.45, 2.75) is 26.2 Å². The number of benzene rings is 3. The standard InChI is InChI=1S/C29H28N2O2/c1-29(2,3)23-15-11-21(12-16-23)28(32)30-24-8-5-7-22(19-24)27-10-6-9-26(31-27)20-13-17-25(33-4)18-14-20/h5-19H,1-4H3,(H,30,32). The van der Waals surface area contributed by atoms with Gasteiger partial charge in [-0.15, -0.1) is 0 Å². The van der Waals surface area contributed by atoms with Crippen LogP contribution in [0.3, 0.4) is 0 Å². The van der Waals surface area contributed by atoms with Crippen LogP contribution in [0, 0.1) is 0 Å². The van der Waals surface area contributed by atoms with E-state index in [1.807, 2.05) is 91.0 Å². The summed E-state index contributed by atoms with van der Waals surface area (Å²) < 4.78 is 5.24. The Morgan fingerprint density at radius 3 is 2.06 bits per heavy atom. The highest BCUT2D eigenvalue weighted by molar-refractivity contribution is 6.04. The van der Waals surface area contributed by atoms with Crippen molar-refractivity contribution in [3.05, 3.63) is 102 Å². The highest BCUT2D eigenvalue weighted by Gasteiger charge is 2.14. The van der Waals surface area contributed by atoms with Crippen LogP contribution in [0.15, 0.2) is 91.0 Å². The van der Waals surface area contributed by atoms with Crippen molar-refractivity contribution in [2.24, 2.45) is 0 Å². The van der Waals surface area contributed by atoms with Crippen LogP contribution < -0.4 is 10.1 Å². The predicted octanol–water partition coefficient (Wildman–Crippen LogP) is 6.97. The Morgan fingerprint density at radius 2 is 1.42 bits per heavy atom. The Labute approximate surface area is 195 Å². The molecule has 33 heavy (non-hydrogen) atoms. The van der Waals surface area contributed by atoms with E-state index in [1.54, 1.807) is 7.11 Å². The van der Waals surface area contributed by atoms with Crippen LogP contribution in [-0.4, -0.2) is 18.0 Å². The number of rotatable bonds is 5. The van der Waals surface area contributed by atoms with Gasteiger partial charge in [-0.3, -0.25) is 4.79 Å². The molecule has 0 fully saturated rings. The molecule has 1 amide bonds. The molecule has 0 atom stereocenters. The number of amides is 1. The van der Waals surface area contributed by atoms with E-state index in [1.165, 1.54) is 5.56 Å². The fourth-order valence-electron chi connectivity index (χ4n) is 3.60. The molecule has 0 aliphatic rings. The van der Waals surface area contributed by atoms with Crippen molar-refractivity contribution in [1.29, 1.82) is 0 Å². The van der Waals surface area contributed by atoms with Crippen LogP contribution in [0.5, 0.6) is 5.75 Å². The van der Waals surface area contributed by atoms with Crippen molar-refractivity contribution >= 4 is 11.6 Å². The van der Waals surface area contributed by atoms with E-state index < -0.39 is 0 Å². The molecule has 4 heteroatoms. The molecule has 166 valence electrons. The lowest BCUT2D eigenvalue weighted by Crippen LogP contribution is -2.14. The number of ether oxygens (including phenoxy) is 1. The Balaban J connectivity index is 1.54. The van der Waals surface area contributed by atoms with Crippen LogP contribution in [0.4, 0.5) is 5.69 Å². The van der Waals surface area contributed by atoms with Gasteiger partial charge in [0, 0.05) is 22.4 Å². The molecule has 0 unspecified atom stereocenters. The van der Waals surface area contributed by atoms with Crippen LogP contribution in [0.25, 0.3) is 22.5 Å². The van der Waals surface area contributed by atoms with Gasteiger partial charge in [-0.05, 0) is 71.6 Å². The lowest BCUT2D eigenvalue weighted by atomic mass is 9.87. The molecule has 4 nitrogen and oxygen atoms in total. The minimum atomic E-state index is -0.132. The van der Waals surface area contributed by atoms with E-state index in [2.05, 4.69) is 26.1 Å². The smallest absolute Gasteiger partial charge is 0.255 e. The molecule has 0 aliphatic carbocycles. The van der Waals surface area contributed by atoms with Crippen LogP contribution in [0.1, 0.15) is 36.7 Å². The third-order valence-corrected chi connectivity index (χ3v) is 5.56. The summed E-state index contributed by atoms with van der Waals surface area (Å²) in [5.74, 6) is 0.680. The number of carbonyl (C=O) groups is 1. The Kier molecular flexibility index (Phi) is 6.27. The van der Waals surface area contributed by atoms with E-state index in [4.69, 9.17) is 9.72 Å². The van der Waals surface area contributed by atoms with Gasteiger partial charge in [-0.1, -0.05) is 51.1 Å². The zero-order valence-corrected chi connectivity index (χ0v) is 19.4. The second-order valence-corrected chi connectivity index (χ2v) is 9.00. The maximum Gasteiger partial charge on any atom is 0.255 e. The maximum absolute atomic E-state index is 12.8. The molecule has 1 N–H and O–H groups in total. The third-order valence-electron chi connectivity index (χ3n) is 5.56. The number of nitrogens with one attached hydrogen (secondary N) is 1. The lowest BCUT2D eigenvalue weighted by Gasteiger charge is -2.19. The highest BCUT2D eigenvalue weighted by atomic mass is 16.5. The Bertz CT molecular complexity index is 1250. The molecule has 0 aliphatic heterocycles. The number of hydrogen-bond acceptors (Lipinski definition) is 3. The summed E-state index contributed by atoms with van der Waals surface area (Å²) in [5, 5.41) is 3.00. The molecule has 0 saturated carbocycles. The Morgan fingerprint density at radius 1 is 0.788 bits per heavy atom. The van der Waals surface area contributed by atoms with Gasteiger partial charge in [-0.2, -0.15) is 0 Å². The number of hydrogen-bond donors (Lipinski definition) is 1. The third kappa shape index (κ3) is 5.29. The summed E-state index contributed by atoms with van der Waals surface area (Å²) in [6, 6.07) is 29.3. The molecule has 0 radical (unpaired) electrons. The number of carbonyl (C=O) groups excluding carboxylic acids is 1. The fourth-order valence-corrected chi connectivity index (χ4v) is 3.60. The zero-order valence-electron chi connectivity index (χ0n) is 19.4. The molecule has 0 saturated heterocycles. The molecule has 1 heterocycles. The number of pyridine rings is 1. The molecule has 0 spiro atoms. The van der Waals surface area contributed by atoms with E-state index >= 15 is 0 Å². The summed E-state index contributed by atoms with van der Waals surface area (Å²) in [6.07, 6.45) is 0. The van der Waals surface area contributed by atoms with Gasteiger partial charge in [0.25, 0.3) is 5.91 Å². The van der Waals surface area contributed by atoms with Crippen molar-refractivity contribution in [2.75, 3.05) is 12.4 Å². The minimum Gasteiger partial charge on any atom is -0.497 e. The van der Waals surface area contributed by atoms with Crippen molar-refractivity contribution < 1.29 is 9.53 Å². The maximum atomic E-state index is 12.8. The monoisotopic (exact) mass is 436 g/mol. The van der Waals surface area contributed by atoms with Crippen LogP contribution >= 0.6 is 0 Å². The molecule has 1 aromatic heterocycles. The van der Waals surface area contributed by atoms with Gasteiger partial charge in [0.15, 0.2) is 0 Å². The normalized spacial score (nSPS) is 11.2. The molecule has 4 aromatic rings. The first-order valence-electron chi connectivity index (χ1n) is 11.0. The van der Waals surface area contributed by atoms with Crippen molar-refractivity contribution in [3.8, 4) is 28.3 Å². The highest BCUT2D eigenvalue weighted by Crippen LogP contribution is 2.26. The summed E-state index contributed by atoms with van der Waals surface area (Å²) in [7, 11) is 1.65. The molecular weight excluding hydrogens is 408 g/mol. The summed E-state index contributed by atoms with van der Waals surface area (Å²) in [4.78, 5) is 17.6. The lowest BCUT2D eigenvalue weighted by molar-refractivity contribution is 0.102. The van der Waals surface area contributed by atoms with Gasteiger partial charge >= 0.3 is 0 Å². The van der Waals surface area contributed by atoms with Gasteiger partial charge in [0.2, 0.25) is 0 Å². The van der Waals surface area contributed by atoms with Crippen LogP contribution in [0.2, 0.25) is 0 Å². The van der Waals surface area contributed by atoms with Crippen molar-refractivity contribution in [3.63, 3.8) is 0 Å². The van der Waals surface area contributed by atoms with E-state index in [-0.39, 0.29) is 11.3 Å². The SMILES string of the molecule is COc1ccc(-c2cccc(-c3cccc(NC(=O)c4ccc(C(C)(C)C)cc4)c3)n2)cc1. The number of anilines is 1. The average molecular weight is 437 g/mol. The summed E-state index contributed by atoms with van der Waals surface area (Å²) >= 11 is 0.